The summed E-state index contributed by atoms with van der Waals surface area (Å²) < 4.78 is 48.4. The Labute approximate surface area is 142 Å². The molecular weight excluding hydrogens is 337 g/mol. The van der Waals surface area contributed by atoms with Crippen LogP contribution in [-0.2, 0) is 16.1 Å². The second-order valence-electron chi connectivity index (χ2n) is 5.30. The molecule has 0 aliphatic carbocycles. The van der Waals surface area contributed by atoms with E-state index in [2.05, 4.69) is 0 Å². The lowest BCUT2D eigenvalue weighted by Gasteiger charge is -2.24. The summed E-state index contributed by atoms with van der Waals surface area (Å²) in [5, 5.41) is 9.46. The number of hydrogen-bond donors (Lipinski definition) is 1. The van der Waals surface area contributed by atoms with Crippen LogP contribution in [0.4, 0.5) is 13.2 Å². The molecule has 134 valence electrons. The molecule has 0 aliphatic heterocycles. The van der Waals surface area contributed by atoms with E-state index < -0.39 is 31.0 Å². The molecule has 0 heterocycles. The summed E-state index contributed by atoms with van der Waals surface area (Å²) in [6.07, 6.45) is -9.63. The number of alkyl halides is 3. The van der Waals surface area contributed by atoms with Gasteiger partial charge in [0.2, 0.25) is 0 Å². The Bertz CT molecular complexity index is 659. The highest BCUT2D eigenvalue weighted by Crippen LogP contribution is 2.25. The van der Waals surface area contributed by atoms with Crippen LogP contribution in [0.1, 0.15) is 15.9 Å². The van der Waals surface area contributed by atoms with Crippen molar-refractivity contribution in [3.63, 3.8) is 0 Å². The van der Waals surface area contributed by atoms with Gasteiger partial charge in [-0.05, 0) is 17.7 Å². The fourth-order valence-corrected chi connectivity index (χ4v) is 2.05. The number of carbonyl (C=O) groups is 1. The van der Waals surface area contributed by atoms with Gasteiger partial charge < -0.3 is 14.6 Å². The van der Waals surface area contributed by atoms with Crippen LogP contribution in [-0.4, -0.2) is 36.1 Å². The van der Waals surface area contributed by atoms with Crippen molar-refractivity contribution in [2.45, 2.75) is 25.0 Å². The minimum absolute atomic E-state index is 0.0325. The first-order valence-electron chi connectivity index (χ1n) is 7.50. The van der Waals surface area contributed by atoms with Gasteiger partial charge in [-0.25, -0.2) is 4.79 Å². The molecule has 0 amide bonds. The average molecular weight is 354 g/mol. The molecule has 0 aliphatic rings. The van der Waals surface area contributed by atoms with Gasteiger partial charge in [0.1, 0.15) is 0 Å². The highest BCUT2D eigenvalue weighted by molar-refractivity contribution is 5.89. The third-order valence-electron chi connectivity index (χ3n) is 3.35. The molecule has 2 aromatic carbocycles. The minimum atomic E-state index is -4.93. The summed E-state index contributed by atoms with van der Waals surface area (Å²) in [7, 11) is 0. The molecule has 0 radical (unpaired) electrons. The Hall–Kier alpha value is -2.38. The maximum Gasteiger partial charge on any atom is 0.418 e. The molecule has 0 saturated heterocycles. The SMILES string of the molecule is O=C(O[C@@H](COCc1ccccc1)[C@H](O)C(F)(F)F)c1ccccc1. The summed E-state index contributed by atoms with van der Waals surface area (Å²) in [5.41, 5.74) is 0.835. The zero-order valence-electron chi connectivity index (χ0n) is 13.1. The van der Waals surface area contributed by atoms with Crippen molar-refractivity contribution >= 4 is 5.97 Å². The number of halogens is 3. The zero-order chi connectivity index (χ0) is 18.3. The Kier molecular flexibility index (Phi) is 6.55. The van der Waals surface area contributed by atoms with Crippen LogP contribution in [0.5, 0.6) is 0 Å². The van der Waals surface area contributed by atoms with Crippen molar-refractivity contribution in [2.75, 3.05) is 6.61 Å². The van der Waals surface area contributed by atoms with Gasteiger partial charge in [0.15, 0.2) is 12.2 Å². The van der Waals surface area contributed by atoms with Crippen molar-refractivity contribution < 1.29 is 32.5 Å². The molecule has 1 N–H and O–H groups in total. The maximum atomic E-state index is 12.8. The maximum absolute atomic E-state index is 12.8. The van der Waals surface area contributed by atoms with E-state index in [-0.39, 0.29) is 12.2 Å². The van der Waals surface area contributed by atoms with Gasteiger partial charge in [-0.1, -0.05) is 48.5 Å². The first-order valence-corrected chi connectivity index (χ1v) is 7.50. The van der Waals surface area contributed by atoms with Gasteiger partial charge in [-0.3, -0.25) is 0 Å². The van der Waals surface area contributed by atoms with Crippen molar-refractivity contribution in [1.29, 1.82) is 0 Å². The molecule has 0 aromatic heterocycles. The van der Waals surface area contributed by atoms with Crippen LogP contribution >= 0.6 is 0 Å². The van der Waals surface area contributed by atoms with Crippen LogP contribution in [0, 0.1) is 0 Å². The number of benzene rings is 2. The van der Waals surface area contributed by atoms with E-state index in [0.717, 1.165) is 5.56 Å². The van der Waals surface area contributed by atoms with E-state index in [9.17, 15) is 23.1 Å². The van der Waals surface area contributed by atoms with Crippen LogP contribution in [0.25, 0.3) is 0 Å². The number of ether oxygens (including phenoxy) is 2. The van der Waals surface area contributed by atoms with Gasteiger partial charge in [0.05, 0.1) is 18.8 Å². The number of carbonyl (C=O) groups excluding carboxylic acids is 1. The highest BCUT2D eigenvalue weighted by Gasteiger charge is 2.45. The molecule has 0 fully saturated rings. The summed E-state index contributed by atoms with van der Waals surface area (Å²) >= 11 is 0. The number of esters is 1. The molecule has 7 heteroatoms. The standard InChI is InChI=1S/C18H17F3O4/c19-18(20,21)16(22)15(12-24-11-13-7-3-1-4-8-13)25-17(23)14-9-5-2-6-10-14/h1-10,15-16,22H,11-12H2/t15-,16-/m0/s1. The predicted molar refractivity (Wildman–Crippen MR) is 83.8 cm³/mol. The molecule has 4 nitrogen and oxygen atoms in total. The van der Waals surface area contributed by atoms with E-state index in [1.54, 1.807) is 48.5 Å². The third-order valence-corrected chi connectivity index (χ3v) is 3.35. The van der Waals surface area contributed by atoms with Crippen LogP contribution in [0.3, 0.4) is 0 Å². The van der Waals surface area contributed by atoms with E-state index >= 15 is 0 Å². The highest BCUT2D eigenvalue weighted by atomic mass is 19.4. The van der Waals surface area contributed by atoms with Crippen LogP contribution in [0.15, 0.2) is 60.7 Å². The molecule has 0 saturated carbocycles. The number of aliphatic hydroxyl groups excluding tert-OH is 1. The summed E-state index contributed by atoms with van der Waals surface area (Å²) in [6, 6.07) is 16.4. The molecule has 25 heavy (non-hydrogen) atoms. The topological polar surface area (TPSA) is 55.8 Å². The van der Waals surface area contributed by atoms with Crippen molar-refractivity contribution in [3.05, 3.63) is 71.8 Å². The number of rotatable bonds is 7. The Balaban J connectivity index is 2.01. The predicted octanol–water partition coefficient (Wildman–Crippen LogP) is 3.35. The third kappa shape index (κ3) is 5.88. The fraction of sp³-hybridized carbons (Fsp3) is 0.278. The van der Waals surface area contributed by atoms with E-state index in [4.69, 9.17) is 9.47 Å². The molecule has 0 bridgehead atoms. The quantitative estimate of drug-likeness (QED) is 0.775. The smallest absolute Gasteiger partial charge is 0.418 e. The van der Waals surface area contributed by atoms with Crippen molar-refractivity contribution in [1.82, 2.24) is 0 Å². The Morgan fingerprint density at radius 2 is 1.56 bits per heavy atom. The van der Waals surface area contributed by atoms with Gasteiger partial charge in [-0.2, -0.15) is 13.2 Å². The lowest BCUT2D eigenvalue weighted by atomic mass is 10.2. The monoisotopic (exact) mass is 354 g/mol. The van der Waals surface area contributed by atoms with Gasteiger partial charge in [0, 0.05) is 0 Å². The minimum Gasteiger partial charge on any atom is -0.453 e. The van der Waals surface area contributed by atoms with Crippen molar-refractivity contribution in [2.24, 2.45) is 0 Å². The lowest BCUT2D eigenvalue weighted by Crippen LogP contribution is -2.44. The molecule has 2 aromatic rings. The van der Waals surface area contributed by atoms with Gasteiger partial charge >= 0.3 is 12.1 Å². The lowest BCUT2D eigenvalue weighted by molar-refractivity contribution is -0.235. The zero-order valence-corrected chi connectivity index (χ0v) is 13.1. The summed E-state index contributed by atoms with van der Waals surface area (Å²) in [4.78, 5) is 12.0. The molecule has 2 rings (SSSR count). The number of aliphatic hydroxyl groups is 1. The van der Waals surface area contributed by atoms with E-state index in [0.29, 0.717) is 0 Å². The first-order chi connectivity index (χ1) is 11.9. The average Bonchev–Trinajstić information content (AvgIpc) is 2.61. The normalized spacial score (nSPS) is 13.9. The van der Waals surface area contributed by atoms with Gasteiger partial charge in [0.25, 0.3) is 0 Å². The van der Waals surface area contributed by atoms with Crippen LogP contribution in [0.2, 0.25) is 0 Å². The number of hydrogen-bond acceptors (Lipinski definition) is 4. The second-order valence-corrected chi connectivity index (χ2v) is 5.30. The Morgan fingerprint density at radius 1 is 1.00 bits per heavy atom. The molecular formula is C18H17F3O4. The Morgan fingerprint density at radius 3 is 2.12 bits per heavy atom. The van der Waals surface area contributed by atoms with E-state index in [1.165, 1.54) is 12.1 Å². The molecule has 0 spiro atoms. The van der Waals surface area contributed by atoms with Crippen LogP contribution < -0.4 is 0 Å². The summed E-state index contributed by atoms with van der Waals surface area (Å²) in [6.45, 7) is -0.557. The largest absolute Gasteiger partial charge is 0.453 e. The first kappa shape index (κ1) is 19.0. The second kappa shape index (κ2) is 8.64. The van der Waals surface area contributed by atoms with E-state index in [1.807, 2.05) is 0 Å². The van der Waals surface area contributed by atoms with Gasteiger partial charge in [-0.15, -0.1) is 0 Å². The molecule has 2 atom stereocenters. The summed E-state index contributed by atoms with van der Waals surface area (Å²) in [5.74, 6) is -0.961. The fourth-order valence-electron chi connectivity index (χ4n) is 2.05. The molecule has 0 unspecified atom stereocenters. The van der Waals surface area contributed by atoms with Crippen molar-refractivity contribution in [3.8, 4) is 0 Å².